The van der Waals surface area contributed by atoms with Crippen LogP contribution in [0.3, 0.4) is 0 Å². The van der Waals surface area contributed by atoms with Crippen LogP contribution >= 0.6 is 0 Å². The molecule has 1 rings (SSSR count). The molecule has 0 amide bonds. The zero-order valence-electron chi connectivity index (χ0n) is 11.2. The van der Waals surface area contributed by atoms with E-state index in [1.807, 2.05) is 19.2 Å². The van der Waals surface area contributed by atoms with Crippen LogP contribution in [0.2, 0.25) is 0 Å². The van der Waals surface area contributed by atoms with E-state index in [9.17, 15) is 0 Å². The molecule has 1 aromatic rings. The highest BCUT2D eigenvalue weighted by Gasteiger charge is 2.13. The van der Waals surface area contributed by atoms with Crippen molar-refractivity contribution in [1.29, 1.82) is 0 Å². The maximum absolute atomic E-state index is 5.78. The van der Waals surface area contributed by atoms with Gasteiger partial charge in [-0.15, -0.1) is 0 Å². The van der Waals surface area contributed by atoms with Gasteiger partial charge in [0.2, 0.25) is 0 Å². The Kier molecular flexibility index (Phi) is 5.38. The lowest BCUT2D eigenvalue weighted by Crippen LogP contribution is -2.36. The molecule has 0 saturated carbocycles. The molecule has 2 N–H and O–H groups in total. The zero-order valence-corrected chi connectivity index (χ0v) is 11.2. The van der Waals surface area contributed by atoms with E-state index in [-0.39, 0.29) is 6.04 Å². The topological polar surface area (TPSA) is 51.4 Å². The first-order valence-corrected chi connectivity index (χ1v) is 6.07. The first-order chi connectivity index (χ1) is 8.10. The van der Waals surface area contributed by atoms with Crippen molar-refractivity contribution in [2.45, 2.75) is 32.9 Å². The summed E-state index contributed by atoms with van der Waals surface area (Å²) in [4.78, 5) is 6.65. The second kappa shape index (κ2) is 6.57. The summed E-state index contributed by atoms with van der Waals surface area (Å²) in [7, 11) is 1.72. The summed E-state index contributed by atoms with van der Waals surface area (Å²) in [5.74, 6) is 0. The van der Waals surface area contributed by atoms with Crippen LogP contribution in [-0.4, -0.2) is 31.3 Å². The Morgan fingerprint density at radius 3 is 2.53 bits per heavy atom. The highest BCUT2D eigenvalue weighted by molar-refractivity contribution is 5.45. The molecule has 0 bridgehead atoms. The number of hydrogen-bond donors (Lipinski definition) is 1. The number of ether oxygens (including phenoxy) is 1. The molecule has 0 aromatic carbocycles. The van der Waals surface area contributed by atoms with Crippen LogP contribution in [0.25, 0.3) is 0 Å². The van der Waals surface area contributed by atoms with Crippen molar-refractivity contribution < 1.29 is 4.74 Å². The number of aromatic nitrogens is 1. The number of likely N-dealkylation sites (N-methyl/N-ethyl adjacent to an activating group) is 1. The van der Waals surface area contributed by atoms with Gasteiger partial charge in [-0.25, -0.2) is 0 Å². The molecular formula is C13H23N3O. The van der Waals surface area contributed by atoms with Gasteiger partial charge < -0.3 is 15.4 Å². The minimum atomic E-state index is -0.0180. The van der Waals surface area contributed by atoms with E-state index in [4.69, 9.17) is 10.5 Å². The fourth-order valence-corrected chi connectivity index (χ4v) is 1.92. The number of rotatable bonds is 6. The van der Waals surface area contributed by atoms with Gasteiger partial charge >= 0.3 is 0 Å². The second-order valence-electron chi connectivity index (χ2n) is 4.32. The smallest absolute Gasteiger partial charge is 0.0663 e. The van der Waals surface area contributed by atoms with Gasteiger partial charge in [-0.1, -0.05) is 0 Å². The maximum Gasteiger partial charge on any atom is 0.0663 e. The highest BCUT2D eigenvalue weighted by Crippen LogP contribution is 2.17. The second-order valence-corrected chi connectivity index (χ2v) is 4.32. The van der Waals surface area contributed by atoms with Crippen molar-refractivity contribution in [1.82, 2.24) is 4.98 Å². The van der Waals surface area contributed by atoms with Crippen molar-refractivity contribution in [3.63, 3.8) is 0 Å². The molecule has 0 aliphatic carbocycles. The molecular weight excluding hydrogens is 214 g/mol. The Hall–Kier alpha value is -1.13. The number of pyridine rings is 1. The largest absolute Gasteiger partial charge is 0.383 e. The molecule has 4 heteroatoms. The lowest BCUT2D eigenvalue weighted by Gasteiger charge is -2.29. The van der Waals surface area contributed by atoms with Gasteiger partial charge in [-0.2, -0.15) is 0 Å². The van der Waals surface area contributed by atoms with E-state index in [1.54, 1.807) is 7.11 Å². The average molecular weight is 237 g/mol. The normalized spacial score (nSPS) is 14.4. The fourth-order valence-electron chi connectivity index (χ4n) is 1.92. The Balaban J connectivity index is 2.82. The van der Waals surface area contributed by atoms with Gasteiger partial charge in [0, 0.05) is 25.7 Å². The summed E-state index contributed by atoms with van der Waals surface area (Å²) < 4.78 is 5.19. The minimum absolute atomic E-state index is 0.0180. The molecule has 1 aromatic heterocycles. The molecule has 2 atom stereocenters. The van der Waals surface area contributed by atoms with Crippen LogP contribution in [-0.2, 0) is 4.74 Å². The van der Waals surface area contributed by atoms with E-state index in [2.05, 4.69) is 29.8 Å². The Morgan fingerprint density at radius 2 is 2.12 bits per heavy atom. The van der Waals surface area contributed by atoms with Crippen LogP contribution in [0.15, 0.2) is 18.3 Å². The first-order valence-electron chi connectivity index (χ1n) is 6.07. The van der Waals surface area contributed by atoms with E-state index in [0.717, 1.165) is 17.9 Å². The maximum atomic E-state index is 5.78. The molecule has 0 aliphatic heterocycles. The first kappa shape index (κ1) is 13.9. The minimum Gasteiger partial charge on any atom is -0.383 e. The Morgan fingerprint density at radius 1 is 1.41 bits per heavy atom. The number of anilines is 1. The molecule has 0 saturated heterocycles. The van der Waals surface area contributed by atoms with Gasteiger partial charge in [0.1, 0.15) is 0 Å². The van der Waals surface area contributed by atoms with Crippen molar-refractivity contribution in [2.24, 2.45) is 5.73 Å². The van der Waals surface area contributed by atoms with Gasteiger partial charge in [0.25, 0.3) is 0 Å². The molecule has 1 unspecified atom stereocenters. The van der Waals surface area contributed by atoms with Crippen molar-refractivity contribution in [3.8, 4) is 0 Å². The fraction of sp³-hybridized carbons (Fsp3) is 0.615. The zero-order chi connectivity index (χ0) is 12.8. The van der Waals surface area contributed by atoms with Crippen molar-refractivity contribution in [3.05, 3.63) is 24.0 Å². The quantitative estimate of drug-likeness (QED) is 0.821. The molecule has 0 fully saturated rings. The lowest BCUT2D eigenvalue weighted by molar-refractivity contribution is 0.182. The average Bonchev–Trinajstić information content (AvgIpc) is 2.31. The predicted molar refractivity (Wildman–Crippen MR) is 71.2 cm³/mol. The van der Waals surface area contributed by atoms with Crippen molar-refractivity contribution in [2.75, 3.05) is 25.2 Å². The Labute approximate surface area is 104 Å². The lowest BCUT2D eigenvalue weighted by atomic mass is 10.2. The van der Waals surface area contributed by atoms with E-state index in [1.165, 1.54) is 0 Å². The van der Waals surface area contributed by atoms with E-state index >= 15 is 0 Å². The summed E-state index contributed by atoms with van der Waals surface area (Å²) in [6, 6.07) is 4.38. The van der Waals surface area contributed by atoms with Gasteiger partial charge in [-0.05, 0) is 32.9 Å². The molecule has 4 nitrogen and oxygen atoms in total. The van der Waals surface area contributed by atoms with Gasteiger partial charge in [0.05, 0.1) is 24.2 Å². The van der Waals surface area contributed by atoms with Crippen molar-refractivity contribution >= 4 is 5.69 Å². The molecule has 96 valence electrons. The summed E-state index contributed by atoms with van der Waals surface area (Å²) >= 11 is 0. The third-order valence-corrected chi connectivity index (χ3v) is 2.85. The van der Waals surface area contributed by atoms with Crippen LogP contribution in [0.5, 0.6) is 0 Å². The standard InChI is InChI=1S/C13H23N3O/c1-5-16(10(2)9-17-4)12-6-7-13(11(3)14)15-8-12/h6-8,10-11H,5,9,14H2,1-4H3/t10?,11-/m1/s1. The third kappa shape index (κ3) is 3.68. The predicted octanol–water partition coefficient (Wildman–Crippen LogP) is 1.96. The van der Waals surface area contributed by atoms with Crippen LogP contribution in [0, 0.1) is 0 Å². The monoisotopic (exact) mass is 237 g/mol. The van der Waals surface area contributed by atoms with Crippen LogP contribution in [0.1, 0.15) is 32.5 Å². The SMILES string of the molecule is CCN(c1ccc([C@@H](C)N)nc1)C(C)COC. The number of hydrogen-bond acceptors (Lipinski definition) is 4. The molecule has 0 spiro atoms. The molecule has 0 radical (unpaired) electrons. The van der Waals surface area contributed by atoms with E-state index < -0.39 is 0 Å². The number of nitrogens with two attached hydrogens (primary N) is 1. The summed E-state index contributed by atoms with van der Waals surface area (Å²) in [5, 5.41) is 0. The molecule has 17 heavy (non-hydrogen) atoms. The highest BCUT2D eigenvalue weighted by atomic mass is 16.5. The van der Waals surface area contributed by atoms with E-state index in [0.29, 0.717) is 12.6 Å². The van der Waals surface area contributed by atoms with Crippen LogP contribution in [0.4, 0.5) is 5.69 Å². The number of methoxy groups -OCH3 is 1. The summed E-state index contributed by atoms with van der Waals surface area (Å²) in [5.41, 5.74) is 7.82. The Bertz CT molecular complexity index is 324. The van der Waals surface area contributed by atoms with Crippen LogP contribution < -0.4 is 10.6 Å². The number of nitrogens with zero attached hydrogens (tertiary/aromatic N) is 2. The van der Waals surface area contributed by atoms with Gasteiger partial charge in [-0.3, -0.25) is 4.98 Å². The molecule has 1 heterocycles. The summed E-state index contributed by atoms with van der Waals surface area (Å²) in [6.45, 7) is 7.86. The molecule has 0 aliphatic rings. The third-order valence-electron chi connectivity index (χ3n) is 2.85. The summed E-state index contributed by atoms with van der Waals surface area (Å²) in [6.07, 6.45) is 1.88. The van der Waals surface area contributed by atoms with Gasteiger partial charge in [0.15, 0.2) is 0 Å².